The van der Waals surface area contributed by atoms with E-state index < -0.39 is 16.1 Å². The first kappa shape index (κ1) is 27.4. The van der Waals surface area contributed by atoms with Gasteiger partial charge in [0.15, 0.2) is 0 Å². The molecule has 4 aromatic carbocycles. The van der Waals surface area contributed by atoms with Crippen molar-refractivity contribution in [1.29, 1.82) is 0 Å². The Balaban J connectivity index is 1.68. The molecule has 38 heavy (non-hydrogen) atoms. The molecule has 1 N–H and O–H groups in total. The highest BCUT2D eigenvalue weighted by atomic mass is 35.5. The Morgan fingerprint density at radius 2 is 1.32 bits per heavy atom. The number of rotatable bonds is 11. The summed E-state index contributed by atoms with van der Waals surface area (Å²) in [6.45, 7) is 0.659. The lowest BCUT2D eigenvalue weighted by Crippen LogP contribution is -2.49. The predicted octanol–water partition coefficient (Wildman–Crippen LogP) is 5.47. The lowest BCUT2D eigenvalue weighted by Gasteiger charge is -2.28. The van der Waals surface area contributed by atoms with E-state index in [9.17, 15) is 13.2 Å². The highest BCUT2D eigenvalue weighted by Crippen LogP contribution is 2.27. The van der Waals surface area contributed by atoms with Crippen molar-refractivity contribution in [3.05, 3.63) is 131 Å². The molecular formula is C30H29ClN2O4S. The molecule has 0 fully saturated rings. The van der Waals surface area contributed by atoms with Gasteiger partial charge in [-0.25, -0.2) is 8.42 Å². The molecule has 8 heteroatoms. The van der Waals surface area contributed by atoms with Crippen LogP contribution in [0.2, 0.25) is 5.02 Å². The summed E-state index contributed by atoms with van der Waals surface area (Å²) in [6.07, 6.45) is 0.183. The highest BCUT2D eigenvalue weighted by molar-refractivity contribution is 7.89. The average molecular weight is 549 g/mol. The van der Waals surface area contributed by atoms with Crippen LogP contribution in [0.4, 0.5) is 0 Å². The third-order valence-corrected chi connectivity index (χ3v) is 7.82. The van der Waals surface area contributed by atoms with Gasteiger partial charge in [0.2, 0.25) is 15.9 Å². The third-order valence-electron chi connectivity index (χ3n) is 6.06. The molecule has 0 spiro atoms. The van der Waals surface area contributed by atoms with Crippen LogP contribution in [-0.4, -0.2) is 32.4 Å². The number of hydrogen-bond donors (Lipinski definition) is 1. The largest absolute Gasteiger partial charge is 0.495 e. The lowest BCUT2D eigenvalue weighted by molar-refractivity contribution is -0.134. The number of nitrogens with zero attached hydrogens (tertiary/aromatic N) is 1. The van der Waals surface area contributed by atoms with Crippen LogP contribution in [0.25, 0.3) is 0 Å². The fraction of sp³-hybridized carbons (Fsp3) is 0.167. The molecule has 0 aromatic heterocycles. The topological polar surface area (TPSA) is 75.7 Å². The maximum Gasteiger partial charge on any atom is 0.241 e. The second kappa shape index (κ2) is 12.7. The van der Waals surface area contributed by atoms with Crippen molar-refractivity contribution in [2.24, 2.45) is 0 Å². The SMILES string of the molecule is COc1ccc(S(=O)(=O)N[C@H](Cc2ccccc2)C(=O)N(Cc2ccccc2)Cc2ccccc2)cc1Cl. The summed E-state index contributed by atoms with van der Waals surface area (Å²) in [6, 6.07) is 31.8. The molecule has 0 aliphatic heterocycles. The van der Waals surface area contributed by atoms with Gasteiger partial charge in [0, 0.05) is 13.1 Å². The molecule has 0 radical (unpaired) electrons. The number of hydrogen-bond acceptors (Lipinski definition) is 4. The number of sulfonamides is 1. The quantitative estimate of drug-likeness (QED) is 0.270. The van der Waals surface area contributed by atoms with Crippen molar-refractivity contribution in [2.45, 2.75) is 30.4 Å². The van der Waals surface area contributed by atoms with Gasteiger partial charge in [0.25, 0.3) is 0 Å². The van der Waals surface area contributed by atoms with Crippen molar-refractivity contribution in [1.82, 2.24) is 9.62 Å². The Hall–Kier alpha value is -3.65. The van der Waals surface area contributed by atoms with Crippen molar-refractivity contribution >= 4 is 27.5 Å². The summed E-state index contributed by atoms with van der Waals surface area (Å²) in [5.74, 6) is 0.0316. The van der Waals surface area contributed by atoms with E-state index in [1.165, 1.54) is 25.3 Å². The minimum atomic E-state index is -4.09. The number of carbonyl (C=O) groups excluding carboxylic acids is 1. The van der Waals surface area contributed by atoms with Gasteiger partial charge in [-0.2, -0.15) is 4.72 Å². The van der Waals surface area contributed by atoms with E-state index in [-0.39, 0.29) is 22.2 Å². The number of amides is 1. The molecule has 0 heterocycles. The summed E-state index contributed by atoms with van der Waals surface area (Å²) in [4.78, 5) is 15.7. The zero-order valence-corrected chi connectivity index (χ0v) is 22.5. The van der Waals surface area contributed by atoms with Gasteiger partial charge in [-0.3, -0.25) is 4.79 Å². The monoisotopic (exact) mass is 548 g/mol. The minimum absolute atomic E-state index is 0.0492. The molecule has 0 saturated heterocycles. The summed E-state index contributed by atoms with van der Waals surface area (Å²) in [7, 11) is -2.63. The molecular weight excluding hydrogens is 520 g/mol. The molecule has 0 aliphatic rings. The van der Waals surface area contributed by atoms with Crippen LogP contribution >= 0.6 is 11.6 Å². The third kappa shape index (κ3) is 7.22. The Morgan fingerprint density at radius 1 is 0.816 bits per heavy atom. The molecule has 6 nitrogen and oxygen atoms in total. The first-order valence-electron chi connectivity index (χ1n) is 12.1. The Bertz CT molecular complexity index is 1410. The second-order valence-electron chi connectivity index (χ2n) is 8.83. The van der Waals surface area contributed by atoms with Crippen LogP contribution in [0.15, 0.2) is 114 Å². The number of methoxy groups -OCH3 is 1. The normalized spacial score (nSPS) is 12.1. The van der Waals surface area contributed by atoms with Gasteiger partial charge in [-0.05, 0) is 41.3 Å². The van der Waals surface area contributed by atoms with E-state index in [4.69, 9.17) is 16.3 Å². The van der Waals surface area contributed by atoms with E-state index in [1.54, 1.807) is 4.90 Å². The maximum atomic E-state index is 14.1. The summed E-state index contributed by atoms with van der Waals surface area (Å²) < 4.78 is 34.7. The molecule has 4 aromatic rings. The molecule has 0 unspecified atom stereocenters. The van der Waals surface area contributed by atoms with Crippen LogP contribution in [0.5, 0.6) is 5.75 Å². The number of benzene rings is 4. The predicted molar refractivity (Wildman–Crippen MR) is 149 cm³/mol. The van der Waals surface area contributed by atoms with Gasteiger partial charge in [0.05, 0.1) is 17.0 Å². The maximum absolute atomic E-state index is 14.1. The fourth-order valence-corrected chi connectivity index (χ4v) is 5.68. The zero-order chi connectivity index (χ0) is 27.0. The minimum Gasteiger partial charge on any atom is -0.495 e. The molecule has 0 saturated carbocycles. The number of ether oxygens (including phenoxy) is 1. The first-order valence-corrected chi connectivity index (χ1v) is 14.0. The number of halogens is 1. The van der Waals surface area contributed by atoms with Gasteiger partial charge < -0.3 is 9.64 Å². The van der Waals surface area contributed by atoms with Crippen LogP contribution in [0.1, 0.15) is 16.7 Å². The van der Waals surface area contributed by atoms with Gasteiger partial charge in [-0.15, -0.1) is 0 Å². The van der Waals surface area contributed by atoms with Crippen molar-refractivity contribution < 1.29 is 17.9 Å². The van der Waals surface area contributed by atoms with Crippen molar-refractivity contribution in [3.63, 3.8) is 0 Å². The van der Waals surface area contributed by atoms with Crippen molar-refractivity contribution in [2.75, 3.05) is 7.11 Å². The van der Waals surface area contributed by atoms with Gasteiger partial charge in [0.1, 0.15) is 11.8 Å². The molecule has 0 aliphatic carbocycles. The smallest absolute Gasteiger partial charge is 0.241 e. The molecule has 4 rings (SSSR count). The van der Waals surface area contributed by atoms with E-state index in [0.717, 1.165) is 16.7 Å². The highest BCUT2D eigenvalue weighted by Gasteiger charge is 2.30. The van der Waals surface area contributed by atoms with Gasteiger partial charge >= 0.3 is 0 Å². The molecule has 0 bridgehead atoms. The van der Waals surface area contributed by atoms with E-state index in [2.05, 4.69) is 4.72 Å². The van der Waals surface area contributed by atoms with Gasteiger partial charge in [-0.1, -0.05) is 103 Å². The fourth-order valence-electron chi connectivity index (χ4n) is 4.14. The Labute approximate surface area is 228 Å². The van der Waals surface area contributed by atoms with Crippen LogP contribution in [0.3, 0.4) is 0 Å². The average Bonchev–Trinajstić information content (AvgIpc) is 2.93. The zero-order valence-electron chi connectivity index (χ0n) is 21.0. The summed E-state index contributed by atoms with van der Waals surface area (Å²) in [5.41, 5.74) is 2.72. The van der Waals surface area contributed by atoms with Crippen LogP contribution in [0, 0.1) is 0 Å². The lowest BCUT2D eigenvalue weighted by atomic mass is 10.0. The van der Waals surface area contributed by atoms with E-state index >= 15 is 0 Å². The van der Waals surface area contributed by atoms with E-state index in [1.807, 2.05) is 91.0 Å². The van der Waals surface area contributed by atoms with Crippen molar-refractivity contribution in [3.8, 4) is 5.75 Å². The summed E-state index contributed by atoms with van der Waals surface area (Å²) >= 11 is 6.20. The van der Waals surface area contributed by atoms with Crippen LogP contribution < -0.4 is 9.46 Å². The first-order chi connectivity index (χ1) is 18.4. The number of carbonyl (C=O) groups is 1. The Kier molecular flexibility index (Phi) is 9.18. The molecule has 196 valence electrons. The molecule has 1 amide bonds. The number of nitrogens with one attached hydrogen (secondary N) is 1. The standard InChI is InChI=1S/C30H29ClN2O4S/c1-37-29-18-17-26(20-27(29)31)38(35,36)32-28(19-23-11-5-2-6-12-23)30(34)33(21-24-13-7-3-8-14-24)22-25-15-9-4-10-16-25/h2-18,20,28,32H,19,21-22H2,1H3/t28-/m1/s1. The van der Waals surface area contributed by atoms with Crippen LogP contribution in [-0.2, 0) is 34.3 Å². The molecule has 1 atom stereocenters. The summed E-state index contributed by atoms with van der Waals surface area (Å²) in [5, 5.41) is 0.163. The Morgan fingerprint density at radius 3 is 1.79 bits per heavy atom. The van der Waals surface area contributed by atoms with E-state index in [0.29, 0.717) is 18.8 Å². The second-order valence-corrected chi connectivity index (χ2v) is 10.9.